The van der Waals surface area contributed by atoms with Crippen LogP contribution in [0.2, 0.25) is 0 Å². The van der Waals surface area contributed by atoms with Crippen LogP contribution in [-0.2, 0) is 9.59 Å². The average Bonchev–Trinajstić information content (AvgIpc) is 2.58. The highest BCUT2D eigenvalue weighted by molar-refractivity contribution is 6.31. The monoisotopic (exact) mass is 354 g/mol. The summed E-state index contributed by atoms with van der Waals surface area (Å²) < 4.78 is 18.3. The van der Waals surface area contributed by atoms with Crippen LogP contribution in [0, 0.1) is 5.82 Å². The van der Waals surface area contributed by atoms with Crippen molar-refractivity contribution in [3.63, 3.8) is 0 Å². The number of amides is 4. The van der Waals surface area contributed by atoms with Gasteiger partial charge in [-0.25, -0.2) is 14.0 Å². The Balaban J connectivity index is 1.81. The van der Waals surface area contributed by atoms with Crippen molar-refractivity contribution in [2.45, 2.75) is 0 Å². The molecule has 7 nitrogen and oxygen atoms in total. The zero-order valence-electron chi connectivity index (χ0n) is 13.1. The zero-order valence-corrected chi connectivity index (χ0v) is 13.1. The summed E-state index contributed by atoms with van der Waals surface area (Å²) in [6.45, 7) is 0. The summed E-state index contributed by atoms with van der Waals surface area (Å²) in [7, 11) is 0. The maximum atomic E-state index is 13.2. The van der Waals surface area contributed by atoms with Crippen molar-refractivity contribution >= 4 is 29.9 Å². The van der Waals surface area contributed by atoms with E-state index in [1.54, 1.807) is 12.1 Å². The predicted octanol–water partition coefficient (Wildman–Crippen LogP) is 1.79. The molecule has 26 heavy (non-hydrogen) atoms. The lowest BCUT2D eigenvalue weighted by molar-refractivity contribution is -0.123. The molecule has 1 heterocycles. The SMILES string of the molecule is O=C1NC(=O)C(=Cc2cccc(OC(=O)c3cccc(F)c3)c2)C(=O)N1. The number of rotatable bonds is 3. The molecule has 2 aromatic carbocycles. The fourth-order valence-corrected chi connectivity index (χ4v) is 2.22. The van der Waals surface area contributed by atoms with Crippen LogP contribution in [0.3, 0.4) is 0 Å². The minimum absolute atomic E-state index is 0.0401. The Morgan fingerprint density at radius 3 is 2.35 bits per heavy atom. The van der Waals surface area contributed by atoms with Crippen molar-refractivity contribution in [2.24, 2.45) is 0 Å². The maximum absolute atomic E-state index is 13.2. The molecule has 1 fully saturated rings. The second kappa shape index (κ2) is 6.98. The van der Waals surface area contributed by atoms with Gasteiger partial charge < -0.3 is 4.74 Å². The molecule has 0 saturated carbocycles. The van der Waals surface area contributed by atoms with E-state index < -0.39 is 29.6 Å². The van der Waals surface area contributed by atoms with Gasteiger partial charge in [-0.15, -0.1) is 0 Å². The number of ether oxygens (including phenoxy) is 1. The van der Waals surface area contributed by atoms with Crippen molar-refractivity contribution < 1.29 is 28.3 Å². The molecule has 0 aromatic heterocycles. The number of benzene rings is 2. The van der Waals surface area contributed by atoms with Crippen LogP contribution in [0.1, 0.15) is 15.9 Å². The topological polar surface area (TPSA) is 102 Å². The van der Waals surface area contributed by atoms with Gasteiger partial charge >= 0.3 is 12.0 Å². The van der Waals surface area contributed by atoms with E-state index in [2.05, 4.69) is 0 Å². The van der Waals surface area contributed by atoms with E-state index in [1.807, 2.05) is 10.6 Å². The Labute approximate surface area is 146 Å². The van der Waals surface area contributed by atoms with Gasteiger partial charge in [0.25, 0.3) is 11.8 Å². The maximum Gasteiger partial charge on any atom is 0.343 e. The van der Waals surface area contributed by atoms with Crippen LogP contribution in [-0.4, -0.2) is 23.8 Å². The van der Waals surface area contributed by atoms with Crippen molar-refractivity contribution in [1.29, 1.82) is 0 Å². The normalized spacial score (nSPS) is 13.7. The van der Waals surface area contributed by atoms with Crippen molar-refractivity contribution in [3.8, 4) is 5.75 Å². The Morgan fingerprint density at radius 1 is 0.962 bits per heavy atom. The summed E-state index contributed by atoms with van der Waals surface area (Å²) in [5.74, 6) is -2.85. The third-order valence-electron chi connectivity index (χ3n) is 3.38. The molecule has 8 heteroatoms. The molecular formula is C18H11FN2O5. The van der Waals surface area contributed by atoms with Crippen LogP contribution in [0.4, 0.5) is 9.18 Å². The van der Waals surface area contributed by atoms with E-state index in [9.17, 15) is 23.6 Å². The summed E-state index contributed by atoms with van der Waals surface area (Å²) in [6, 6.07) is 10.2. The van der Waals surface area contributed by atoms with E-state index in [-0.39, 0.29) is 16.9 Å². The Morgan fingerprint density at radius 2 is 1.65 bits per heavy atom. The van der Waals surface area contributed by atoms with E-state index in [4.69, 9.17) is 4.74 Å². The zero-order chi connectivity index (χ0) is 18.7. The molecule has 1 aliphatic heterocycles. The fraction of sp³-hybridized carbons (Fsp3) is 0. The molecule has 130 valence electrons. The van der Waals surface area contributed by atoms with Crippen molar-refractivity contribution in [3.05, 3.63) is 71.0 Å². The smallest absolute Gasteiger partial charge is 0.343 e. The number of nitrogens with one attached hydrogen (secondary N) is 2. The van der Waals surface area contributed by atoms with Crippen LogP contribution >= 0.6 is 0 Å². The van der Waals surface area contributed by atoms with E-state index in [0.29, 0.717) is 5.56 Å². The van der Waals surface area contributed by atoms with Crippen molar-refractivity contribution in [1.82, 2.24) is 10.6 Å². The molecule has 1 aliphatic rings. The number of halogens is 1. The van der Waals surface area contributed by atoms with Crippen LogP contribution in [0.15, 0.2) is 54.1 Å². The van der Waals surface area contributed by atoms with Gasteiger partial charge in [0.2, 0.25) is 0 Å². The quantitative estimate of drug-likeness (QED) is 0.379. The number of hydrogen-bond donors (Lipinski definition) is 2. The van der Waals surface area contributed by atoms with Gasteiger partial charge in [0.05, 0.1) is 5.56 Å². The number of urea groups is 1. The van der Waals surface area contributed by atoms with Crippen LogP contribution in [0.25, 0.3) is 6.08 Å². The summed E-state index contributed by atoms with van der Waals surface area (Å²) >= 11 is 0. The highest BCUT2D eigenvalue weighted by atomic mass is 19.1. The number of carbonyl (C=O) groups is 4. The molecule has 0 spiro atoms. The molecule has 2 aromatic rings. The van der Waals surface area contributed by atoms with Gasteiger partial charge in [-0.1, -0.05) is 18.2 Å². The van der Waals surface area contributed by atoms with Crippen LogP contribution in [0.5, 0.6) is 5.75 Å². The first-order valence-electron chi connectivity index (χ1n) is 7.38. The number of barbiturate groups is 1. The molecule has 0 bridgehead atoms. The summed E-state index contributed by atoms with van der Waals surface area (Å²) in [5.41, 5.74) is 0.167. The lowest BCUT2D eigenvalue weighted by Crippen LogP contribution is -2.51. The predicted molar refractivity (Wildman–Crippen MR) is 87.5 cm³/mol. The number of imide groups is 2. The molecule has 0 radical (unpaired) electrons. The molecule has 0 aliphatic carbocycles. The van der Waals surface area contributed by atoms with E-state index in [0.717, 1.165) is 6.07 Å². The van der Waals surface area contributed by atoms with Gasteiger partial charge in [0, 0.05) is 0 Å². The van der Waals surface area contributed by atoms with Gasteiger partial charge in [-0.3, -0.25) is 20.2 Å². The number of carbonyl (C=O) groups excluding carboxylic acids is 4. The second-order valence-electron chi connectivity index (χ2n) is 5.27. The Bertz CT molecular complexity index is 946. The Kier molecular flexibility index (Phi) is 4.57. The fourth-order valence-electron chi connectivity index (χ4n) is 2.22. The Hall–Kier alpha value is -3.81. The first-order chi connectivity index (χ1) is 12.4. The molecule has 1 saturated heterocycles. The first kappa shape index (κ1) is 17.0. The summed E-state index contributed by atoms with van der Waals surface area (Å²) in [6.07, 6.45) is 1.25. The van der Waals surface area contributed by atoms with E-state index in [1.165, 1.54) is 36.4 Å². The summed E-state index contributed by atoms with van der Waals surface area (Å²) in [4.78, 5) is 46.5. The molecular weight excluding hydrogens is 343 g/mol. The highest BCUT2D eigenvalue weighted by Gasteiger charge is 2.27. The lowest BCUT2D eigenvalue weighted by atomic mass is 10.1. The number of hydrogen-bond acceptors (Lipinski definition) is 5. The highest BCUT2D eigenvalue weighted by Crippen LogP contribution is 2.18. The summed E-state index contributed by atoms with van der Waals surface area (Å²) in [5, 5.41) is 3.91. The number of esters is 1. The standard InChI is InChI=1S/C18H11FN2O5/c19-12-5-2-4-11(9-12)17(24)26-13-6-1-3-10(7-13)8-14-15(22)20-18(25)21-16(14)23/h1-9H,(H2,20,21,22,23,25). The van der Waals surface area contributed by atoms with Crippen molar-refractivity contribution in [2.75, 3.05) is 0 Å². The minimum atomic E-state index is -0.894. The molecule has 2 N–H and O–H groups in total. The third-order valence-corrected chi connectivity index (χ3v) is 3.38. The van der Waals surface area contributed by atoms with Gasteiger partial charge in [0.1, 0.15) is 17.1 Å². The van der Waals surface area contributed by atoms with Crippen LogP contribution < -0.4 is 15.4 Å². The lowest BCUT2D eigenvalue weighted by Gasteiger charge is -2.14. The molecule has 0 unspecified atom stereocenters. The average molecular weight is 354 g/mol. The third kappa shape index (κ3) is 3.81. The van der Waals surface area contributed by atoms with E-state index >= 15 is 0 Å². The second-order valence-corrected chi connectivity index (χ2v) is 5.27. The first-order valence-corrected chi connectivity index (χ1v) is 7.38. The van der Waals surface area contributed by atoms with Gasteiger partial charge in [-0.05, 0) is 42.0 Å². The van der Waals surface area contributed by atoms with Gasteiger partial charge in [0.15, 0.2) is 0 Å². The molecule has 4 amide bonds. The van der Waals surface area contributed by atoms with Gasteiger partial charge in [-0.2, -0.15) is 0 Å². The molecule has 0 atom stereocenters. The molecule has 3 rings (SSSR count). The minimum Gasteiger partial charge on any atom is -0.423 e. The largest absolute Gasteiger partial charge is 0.423 e.